The van der Waals surface area contributed by atoms with E-state index in [2.05, 4.69) is 17.5 Å². The summed E-state index contributed by atoms with van der Waals surface area (Å²) < 4.78 is 0. The summed E-state index contributed by atoms with van der Waals surface area (Å²) in [5.41, 5.74) is 0.279. The quantitative estimate of drug-likeness (QED) is 0.745. The van der Waals surface area contributed by atoms with E-state index in [-0.39, 0.29) is 6.04 Å². The summed E-state index contributed by atoms with van der Waals surface area (Å²) in [4.78, 5) is 0. The monoisotopic (exact) mass is 209 g/mol. The fraction of sp³-hybridized carbons (Fsp3) is 0.455. The molecule has 2 atom stereocenters. The van der Waals surface area contributed by atoms with Crippen molar-refractivity contribution in [2.75, 3.05) is 6.54 Å². The molecule has 1 aliphatic heterocycles. The van der Waals surface area contributed by atoms with E-state index in [1.54, 1.807) is 11.3 Å². The molecule has 2 unspecified atom stereocenters. The van der Waals surface area contributed by atoms with Crippen molar-refractivity contribution in [3.05, 3.63) is 34.5 Å². The van der Waals surface area contributed by atoms with Gasteiger partial charge in [0.05, 0.1) is 6.04 Å². The fourth-order valence-corrected chi connectivity index (χ4v) is 2.64. The van der Waals surface area contributed by atoms with Crippen LogP contribution in [0.15, 0.2) is 29.0 Å². The molecule has 1 aliphatic rings. The molecular weight excluding hydrogens is 194 g/mol. The van der Waals surface area contributed by atoms with Crippen molar-refractivity contribution in [2.45, 2.75) is 25.0 Å². The summed E-state index contributed by atoms with van der Waals surface area (Å²) >= 11 is 1.63. The van der Waals surface area contributed by atoms with Crippen molar-refractivity contribution in [3.63, 3.8) is 0 Å². The molecule has 2 heterocycles. The molecule has 2 rings (SSSR count). The van der Waals surface area contributed by atoms with Crippen LogP contribution in [0.3, 0.4) is 0 Å². The van der Waals surface area contributed by atoms with E-state index in [9.17, 15) is 5.11 Å². The lowest BCUT2D eigenvalue weighted by Gasteiger charge is -2.32. The second-order valence-corrected chi connectivity index (χ2v) is 4.38. The number of thiophene rings is 1. The second-order valence-electron chi connectivity index (χ2n) is 3.60. The molecule has 14 heavy (non-hydrogen) atoms. The minimum absolute atomic E-state index is 0.0575. The third kappa shape index (κ3) is 1.52. The third-order valence-corrected chi connectivity index (χ3v) is 3.54. The van der Waals surface area contributed by atoms with Crippen LogP contribution in [0.25, 0.3) is 0 Å². The van der Waals surface area contributed by atoms with Gasteiger partial charge in [-0.15, -0.1) is 0 Å². The first-order valence-corrected chi connectivity index (χ1v) is 5.86. The molecule has 0 radical (unpaired) electrons. The lowest BCUT2D eigenvalue weighted by molar-refractivity contribution is 0.0119. The maximum absolute atomic E-state index is 10.6. The highest BCUT2D eigenvalue weighted by Crippen LogP contribution is 2.32. The number of hydrogen-bond donors (Lipinski definition) is 2. The standard InChI is InChI=1S/C11H15NOS/c1-2-11(13,9-5-7-14-8-9)10-4-3-6-12-10/h3-5,7-8,10,12-13H,2,6H2,1H3. The Morgan fingerprint density at radius 1 is 1.71 bits per heavy atom. The fourth-order valence-electron chi connectivity index (χ4n) is 1.91. The van der Waals surface area contributed by atoms with Crippen molar-refractivity contribution in [1.29, 1.82) is 0 Å². The summed E-state index contributed by atoms with van der Waals surface area (Å²) in [6.07, 6.45) is 4.85. The van der Waals surface area contributed by atoms with Gasteiger partial charge in [-0.3, -0.25) is 0 Å². The van der Waals surface area contributed by atoms with Gasteiger partial charge in [-0.25, -0.2) is 0 Å². The largest absolute Gasteiger partial charge is 0.383 e. The minimum Gasteiger partial charge on any atom is -0.383 e. The number of nitrogens with one attached hydrogen (secondary N) is 1. The molecule has 1 aromatic heterocycles. The van der Waals surface area contributed by atoms with E-state index in [0.29, 0.717) is 0 Å². The maximum atomic E-state index is 10.6. The Hall–Kier alpha value is -0.640. The highest BCUT2D eigenvalue weighted by Gasteiger charge is 2.36. The van der Waals surface area contributed by atoms with Crippen molar-refractivity contribution < 1.29 is 5.11 Å². The minimum atomic E-state index is -0.743. The average Bonchev–Trinajstić information content (AvgIpc) is 2.88. The van der Waals surface area contributed by atoms with Crippen LogP contribution in [-0.4, -0.2) is 17.7 Å². The zero-order valence-corrected chi connectivity index (χ0v) is 9.05. The summed E-state index contributed by atoms with van der Waals surface area (Å²) in [7, 11) is 0. The smallest absolute Gasteiger partial charge is 0.109 e. The highest BCUT2D eigenvalue weighted by molar-refractivity contribution is 7.08. The van der Waals surface area contributed by atoms with Gasteiger partial charge in [0, 0.05) is 6.54 Å². The van der Waals surface area contributed by atoms with Crippen LogP contribution in [0.5, 0.6) is 0 Å². The Kier molecular flexibility index (Phi) is 2.72. The Morgan fingerprint density at radius 2 is 2.57 bits per heavy atom. The Bertz CT molecular complexity index is 320. The molecule has 0 amide bonds. The van der Waals surface area contributed by atoms with Crippen LogP contribution >= 0.6 is 11.3 Å². The Balaban J connectivity index is 2.29. The molecule has 0 bridgehead atoms. The molecule has 0 spiro atoms. The first kappa shape index (κ1) is 9.90. The normalized spacial score (nSPS) is 25.1. The number of aliphatic hydroxyl groups is 1. The maximum Gasteiger partial charge on any atom is 0.109 e. The van der Waals surface area contributed by atoms with Crippen molar-refractivity contribution in [3.8, 4) is 0 Å². The molecule has 0 saturated heterocycles. The number of hydrogen-bond acceptors (Lipinski definition) is 3. The predicted octanol–water partition coefficient (Wildman–Crippen LogP) is 1.87. The van der Waals surface area contributed by atoms with E-state index in [1.807, 2.05) is 23.8 Å². The summed E-state index contributed by atoms with van der Waals surface area (Å²) in [6, 6.07) is 2.06. The van der Waals surface area contributed by atoms with Crippen LogP contribution in [0.1, 0.15) is 18.9 Å². The zero-order valence-electron chi connectivity index (χ0n) is 8.23. The summed E-state index contributed by atoms with van der Waals surface area (Å²) in [5, 5.41) is 17.9. The summed E-state index contributed by atoms with van der Waals surface area (Å²) in [5.74, 6) is 0. The van der Waals surface area contributed by atoms with Crippen LogP contribution in [-0.2, 0) is 5.60 Å². The van der Waals surface area contributed by atoms with Gasteiger partial charge in [-0.05, 0) is 28.8 Å². The van der Waals surface area contributed by atoms with Gasteiger partial charge in [0.15, 0.2) is 0 Å². The van der Waals surface area contributed by atoms with Crippen LogP contribution in [0.4, 0.5) is 0 Å². The third-order valence-electron chi connectivity index (χ3n) is 2.86. The predicted molar refractivity (Wildman–Crippen MR) is 59.4 cm³/mol. The van der Waals surface area contributed by atoms with E-state index in [0.717, 1.165) is 18.5 Å². The van der Waals surface area contributed by atoms with Crippen molar-refractivity contribution in [1.82, 2.24) is 5.32 Å². The molecule has 2 N–H and O–H groups in total. The molecule has 3 heteroatoms. The number of rotatable bonds is 3. The van der Waals surface area contributed by atoms with Gasteiger partial charge in [-0.2, -0.15) is 11.3 Å². The average molecular weight is 209 g/mol. The molecule has 0 fully saturated rings. The highest BCUT2D eigenvalue weighted by atomic mass is 32.1. The lowest BCUT2D eigenvalue weighted by Crippen LogP contribution is -2.44. The second kappa shape index (κ2) is 3.85. The molecular formula is C11H15NOS. The van der Waals surface area contributed by atoms with E-state index in [4.69, 9.17) is 0 Å². The lowest BCUT2D eigenvalue weighted by atomic mass is 9.86. The molecule has 76 valence electrons. The zero-order chi connectivity index (χ0) is 10.0. The Labute approximate surface area is 88.3 Å². The van der Waals surface area contributed by atoms with E-state index in [1.165, 1.54) is 0 Å². The van der Waals surface area contributed by atoms with Crippen molar-refractivity contribution in [2.24, 2.45) is 0 Å². The van der Waals surface area contributed by atoms with Gasteiger partial charge in [0.25, 0.3) is 0 Å². The van der Waals surface area contributed by atoms with E-state index >= 15 is 0 Å². The van der Waals surface area contributed by atoms with Gasteiger partial charge in [-0.1, -0.05) is 19.1 Å². The van der Waals surface area contributed by atoms with Crippen LogP contribution in [0, 0.1) is 0 Å². The first-order valence-electron chi connectivity index (χ1n) is 4.92. The van der Waals surface area contributed by atoms with Gasteiger partial charge in [0.1, 0.15) is 5.60 Å². The van der Waals surface area contributed by atoms with Gasteiger partial charge < -0.3 is 10.4 Å². The molecule has 1 aromatic rings. The molecule has 2 nitrogen and oxygen atoms in total. The first-order chi connectivity index (χ1) is 6.77. The SMILES string of the molecule is CCC(O)(c1ccsc1)C1C=CCN1. The van der Waals surface area contributed by atoms with Crippen LogP contribution in [0.2, 0.25) is 0 Å². The summed E-state index contributed by atoms with van der Waals surface area (Å²) in [6.45, 7) is 2.88. The molecule has 0 aliphatic carbocycles. The Morgan fingerprint density at radius 3 is 3.07 bits per heavy atom. The van der Waals surface area contributed by atoms with Gasteiger partial charge in [0.2, 0.25) is 0 Å². The van der Waals surface area contributed by atoms with Crippen molar-refractivity contribution >= 4 is 11.3 Å². The topological polar surface area (TPSA) is 32.3 Å². The van der Waals surface area contributed by atoms with Crippen LogP contribution < -0.4 is 5.32 Å². The van der Waals surface area contributed by atoms with Gasteiger partial charge >= 0.3 is 0 Å². The molecule has 0 aromatic carbocycles. The van der Waals surface area contributed by atoms with E-state index < -0.39 is 5.60 Å². The molecule has 0 saturated carbocycles.